The summed E-state index contributed by atoms with van der Waals surface area (Å²) in [6, 6.07) is 14.8. The van der Waals surface area contributed by atoms with Gasteiger partial charge >= 0.3 is 5.97 Å². The number of carboxylic acid groups (broad SMARTS) is 1. The molecule has 1 aromatic heterocycles. The lowest BCUT2D eigenvalue weighted by Crippen LogP contribution is -1.98. The van der Waals surface area contributed by atoms with Gasteiger partial charge in [-0.2, -0.15) is 5.10 Å². The van der Waals surface area contributed by atoms with Gasteiger partial charge in [0.2, 0.25) is 5.75 Å². The third kappa shape index (κ3) is 3.94. The van der Waals surface area contributed by atoms with Crippen molar-refractivity contribution in [1.82, 2.24) is 10.2 Å². The minimum atomic E-state index is -0.865. The number of ether oxygens (including phenoxy) is 2. The molecule has 0 bridgehead atoms. The molecule has 7 nitrogen and oxygen atoms in total. The highest BCUT2D eigenvalue weighted by Crippen LogP contribution is 2.44. The van der Waals surface area contributed by atoms with E-state index in [1.54, 1.807) is 18.2 Å². The Hall–Kier alpha value is -3.71. The van der Waals surface area contributed by atoms with Gasteiger partial charge in [0.05, 0.1) is 31.2 Å². The van der Waals surface area contributed by atoms with Crippen molar-refractivity contribution in [2.75, 3.05) is 14.2 Å². The lowest BCUT2D eigenvalue weighted by atomic mass is 9.98. The van der Waals surface area contributed by atoms with Crippen LogP contribution in [0.3, 0.4) is 0 Å². The van der Waals surface area contributed by atoms with E-state index in [0.717, 1.165) is 27.8 Å². The predicted octanol–water partition coefficient (Wildman–Crippen LogP) is 5.29. The maximum absolute atomic E-state index is 10.9. The summed E-state index contributed by atoms with van der Waals surface area (Å²) in [7, 11) is 2.99. The normalized spacial score (nSPS) is 11.0. The van der Waals surface area contributed by atoms with E-state index in [1.165, 1.54) is 14.2 Å². The Morgan fingerprint density at radius 3 is 2.34 bits per heavy atom. The number of halogens is 1. The Balaban J connectivity index is 1.71. The number of aliphatic carboxylic acids is 1. The van der Waals surface area contributed by atoms with Crippen LogP contribution in [0, 0.1) is 0 Å². The molecule has 32 heavy (non-hydrogen) atoms. The summed E-state index contributed by atoms with van der Waals surface area (Å²) >= 11 is 6.51. The third-order valence-corrected chi connectivity index (χ3v) is 5.65. The SMILES string of the molecule is COc1ccc(-c2ccc(-c3cc4c(CCC(=O)O)[nH]nc4cc3Cl)cc2)c(O)c1OC. The van der Waals surface area contributed by atoms with Crippen molar-refractivity contribution >= 4 is 28.5 Å². The molecule has 0 aliphatic heterocycles. The van der Waals surface area contributed by atoms with Gasteiger partial charge in [-0.05, 0) is 35.4 Å². The summed E-state index contributed by atoms with van der Waals surface area (Å²) in [5, 5.41) is 28.1. The molecule has 0 fully saturated rings. The zero-order chi connectivity index (χ0) is 22.8. The number of rotatable bonds is 7. The largest absolute Gasteiger partial charge is 0.504 e. The lowest BCUT2D eigenvalue weighted by molar-refractivity contribution is -0.136. The average Bonchev–Trinajstić information content (AvgIpc) is 3.18. The highest BCUT2D eigenvalue weighted by Gasteiger charge is 2.16. The molecule has 3 aromatic carbocycles. The second kappa shape index (κ2) is 8.80. The van der Waals surface area contributed by atoms with E-state index in [9.17, 15) is 9.90 Å². The molecule has 0 saturated heterocycles. The molecule has 0 radical (unpaired) electrons. The van der Waals surface area contributed by atoms with E-state index in [2.05, 4.69) is 10.2 Å². The van der Waals surface area contributed by atoms with Crippen LogP contribution in [0.1, 0.15) is 12.1 Å². The molecule has 164 valence electrons. The van der Waals surface area contributed by atoms with Crippen LogP contribution in [-0.4, -0.2) is 40.6 Å². The zero-order valence-corrected chi connectivity index (χ0v) is 18.2. The Morgan fingerprint density at radius 1 is 1.03 bits per heavy atom. The number of H-pyrrole nitrogens is 1. The Kier molecular flexibility index (Phi) is 5.92. The van der Waals surface area contributed by atoms with Crippen LogP contribution in [-0.2, 0) is 11.2 Å². The predicted molar refractivity (Wildman–Crippen MR) is 123 cm³/mol. The third-order valence-electron chi connectivity index (χ3n) is 5.34. The first kappa shape index (κ1) is 21.5. The number of aromatic nitrogens is 2. The molecule has 3 N–H and O–H groups in total. The number of nitrogens with zero attached hydrogens (tertiary/aromatic N) is 1. The van der Waals surface area contributed by atoms with Crippen LogP contribution in [0.4, 0.5) is 0 Å². The van der Waals surface area contributed by atoms with Gasteiger partial charge in [0.15, 0.2) is 11.5 Å². The van der Waals surface area contributed by atoms with E-state index in [1.807, 2.05) is 30.3 Å². The van der Waals surface area contributed by atoms with Crippen LogP contribution in [0.2, 0.25) is 5.02 Å². The van der Waals surface area contributed by atoms with Crippen molar-refractivity contribution in [2.45, 2.75) is 12.8 Å². The van der Waals surface area contributed by atoms with Crippen LogP contribution in [0.5, 0.6) is 17.2 Å². The first-order valence-corrected chi connectivity index (χ1v) is 10.2. The molecule has 0 unspecified atom stereocenters. The van der Waals surface area contributed by atoms with Crippen LogP contribution in [0.25, 0.3) is 33.2 Å². The highest BCUT2D eigenvalue weighted by atomic mass is 35.5. The zero-order valence-electron chi connectivity index (χ0n) is 17.5. The van der Waals surface area contributed by atoms with Crippen molar-refractivity contribution in [3.8, 4) is 39.5 Å². The van der Waals surface area contributed by atoms with Gasteiger partial charge in [0, 0.05) is 28.6 Å². The fourth-order valence-electron chi connectivity index (χ4n) is 3.70. The minimum Gasteiger partial charge on any atom is -0.504 e. The number of methoxy groups -OCH3 is 2. The number of hydrogen-bond acceptors (Lipinski definition) is 5. The number of aromatic amines is 1. The van der Waals surface area contributed by atoms with Crippen molar-refractivity contribution in [3.05, 3.63) is 59.2 Å². The number of nitrogens with one attached hydrogen (secondary N) is 1. The van der Waals surface area contributed by atoms with Crippen LogP contribution >= 0.6 is 11.6 Å². The number of carboxylic acids is 1. The fraction of sp³-hybridized carbons (Fsp3) is 0.167. The Morgan fingerprint density at radius 2 is 1.72 bits per heavy atom. The molecular weight excluding hydrogens is 432 g/mol. The molecule has 4 rings (SSSR count). The number of phenolic OH excluding ortho intramolecular Hbond substituents is 1. The Labute approximate surface area is 189 Å². The number of hydrogen-bond donors (Lipinski definition) is 3. The lowest BCUT2D eigenvalue weighted by Gasteiger charge is -2.13. The van der Waals surface area contributed by atoms with E-state index >= 15 is 0 Å². The number of benzene rings is 3. The molecule has 4 aromatic rings. The van der Waals surface area contributed by atoms with Gasteiger partial charge in [-0.3, -0.25) is 9.89 Å². The number of carbonyl (C=O) groups is 1. The van der Waals surface area contributed by atoms with Crippen molar-refractivity contribution < 1.29 is 24.5 Å². The van der Waals surface area contributed by atoms with Gasteiger partial charge < -0.3 is 19.7 Å². The quantitative estimate of drug-likeness (QED) is 0.352. The van der Waals surface area contributed by atoms with Crippen LogP contribution in [0.15, 0.2) is 48.5 Å². The smallest absolute Gasteiger partial charge is 0.303 e. The second-order valence-corrected chi connectivity index (χ2v) is 7.63. The topological polar surface area (TPSA) is 105 Å². The summed E-state index contributed by atoms with van der Waals surface area (Å²) in [4.78, 5) is 10.9. The number of aryl methyl sites for hydroxylation is 1. The molecule has 0 aliphatic carbocycles. The molecule has 0 spiro atoms. The number of fused-ring (bicyclic) bond motifs is 1. The van der Waals surface area contributed by atoms with Gasteiger partial charge in [0.1, 0.15) is 0 Å². The highest BCUT2D eigenvalue weighted by molar-refractivity contribution is 6.34. The maximum Gasteiger partial charge on any atom is 0.303 e. The maximum atomic E-state index is 10.9. The summed E-state index contributed by atoms with van der Waals surface area (Å²) in [5.41, 5.74) is 4.54. The Bertz CT molecular complexity index is 1300. The van der Waals surface area contributed by atoms with Crippen molar-refractivity contribution in [3.63, 3.8) is 0 Å². The van der Waals surface area contributed by atoms with Crippen molar-refractivity contribution in [1.29, 1.82) is 0 Å². The van der Waals surface area contributed by atoms with Gasteiger partial charge in [-0.1, -0.05) is 35.9 Å². The fourth-order valence-corrected chi connectivity index (χ4v) is 3.97. The summed E-state index contributed by atoms with van der Waals surface area (Å²) in [6.07, 6.45) is 0.364. The first-order valence-electron chi connectivity index (χ1n) is 9.86. The molecule has 0 saturated carbocycles. The van der Waals surface area contributed by atoms with E-state index < -0.39 is 5.97 Å². The summed E-state index contributed by atoms with van der Waals surface area (Å²) < 4.78 is 10.5. The van der Waals surface area contributed by atoms with E-state index in [-0.39, 0.29) is 17.9 Å². The monoisotopic (exact) mass is 452 g/mol. The summed E-state index contributed by atoms with van der Waals surface area (Å²) in [6.45, 7) is 0. The molecule has 0 aliphatic rings. The first-order chi connectivity index (χ1) is 15.4. The molecule has 1 heterocycles. The average molecular weight is 453 g/mol. The molecule has 8 heteroatoms. The molecule has 0 atom stereocenters. The van der Waals surface area contributed by atoms with Gasteiger partial charge in [-0.15, -0.1) is 0 Å². The van der Waals surface area contributed by atoms with E-state index in [0.29, 0.717) is 28.3 Å². The molecule has 0 amide bonds. The van der Waals surface area contributed by atoms with Gasteiger partial charge in [0.25, 0.3) is 0 Å². The standard InChI is InChI=1S/C24H21ClN2O5/c1-31-21-9-7-15(23(30)24(21)32-2)13-3-5-14(6-4-13)16-11-17-19(8-10-22(28)29)26-27-20(17)12-18(16)25/h3-7,9,11-12,30H,8,10H2,1-2H3,(H,26,27)(H,28,29). The number of aromatic hydroxyl groups is 1. The number of phenols is 1. The van der Waals surface area contributed by atoms with Gasteiger partial charge in [-0.25, -0.2) is 0 Å². The second-order valence-electron chi connectivity index (χ2n) is 7.22. The minimum absolute atomic E-state index is 0.000483. The van der Waals surface area contributed by atoms with Crippen LogP contribution < -0.4 is 9.47 Å². The molecular formula is C24H21ClN2O5. The van der Waals surface area contributed by atoms with E-state index in [4.69, 9.17) is 26.2 Å². The van der Waals surface area contributed by atoms with Crippen molar-refractivity contribution in [2.24, 2.45) is 0 Å². The summed E-state index contributed by atoms with van der Waals surface area (Å²) in [5.74, 6) is -0.142.